The van der Waals surface area contributed by atoms with Crippen molar-refractivity contribution in [2.75, 3.05) is 5.32 Å². The van der Waals surface area contributed by atoms with Crippen LogP contribution in [0.4, 0.5) is 5.69 Å². The number of amides is 2. The lowest BCUT2D eigenvalue weighted by atomic mass is 10.2. The molecule has 108 valence electrons. The third kappa shape index (κ3) is 3.81. The average Bonchev–Trinajstić information content (AvgIpc) is 3.17. The fourth-order valence-corrected chi connectivity index (χ4v) is 1.88. The summed E-state index contributed by atoms with van der Waals surface area (Å²) in [6.45, 7) is 2.43. The molecule has 2 amide bonds. The lowest BCUT2D eigenvalue weighted by Gasteiger charge is -2.10. The molecule has 0 unspecified atom stereocenters. The van der Waals surface area contributed by atoms with Crippen molar-refractivity contribution in [1.82, 2.24) is 5.32 Å². The molecule has 0 atom stereocenters. The predicted molar refractivity (Wildman–Crippen MR) is 78.0 cm³/mol. The van der Waals surface area contributed by atoms with E-state index >= 15 is 0 Å². The molecular weight excluding hydrogens is 254 g/mol. The standard InChI is InChI=1S/C15H21N3O2/c1-2-3-13(19)18-12-6-4-11(5-7-12)10-17-14(20)15(16)8-9-15/h4-7H,2-3,8-10,16H2,1H3,(H,17,20)(H,18,19). The van der Waals surface area contributed by atoms with Gasteiger partial charge in [-0.25, -0.2) is 0 Å². The van der Waals surface area contributed by atoms with Gasteiger partial charge in [0.15, 0.2) is 0 Å². The number of hydrogen-bond donors (Lipinski definition) is 3. The van der Waals surface area contributed by atoms with E-state index in [0.29, 0.717) is 13.0 Å². The van der Waals surface area contributed by atoms with E-state index in [9.17, 15) is 9.59 Å². The third-order valence-electron chi connectivity index (χ3n) is 3.41. The molecule has 4 N–H and O–H groups in total. The highest BCUT2D eigenvalue weighted by Gasteiger charge is 2.45. The molecule has 0 aromatic heterocycles. The zero-order valence-electron chi connectivity index (χ0n) is 11.7. The summed E-state index contributed by atoms with van der Waals surface area (Å²) in [7, 11) is 0. The van der Waals surface area contributed by atoms with Crippen molar-refractivity contribution in [2.45, 2.75) is 44.7 Å². The van der Waals surface area contributed by atoms with Crippen molar-refractivity contribution in [3.05, 3.63) is 29.8 Å². The number of hydrogen-bond acceptors (Lipinski definition) is 3. The minimum Gasteiger partial charge on any atom is -0.350 e. The topological polar surface area (TPSA) is 84.2 Å². The van der Waals surface area contributed by atoms with Crippen molar-refractivity contribution in [1.29, 1.82) is 0 Å². The molecule has 5 nitrogen and oxygen atoms in total. The summed E-state index contributed by atoms with van der Waals surface area (Å²) in [6, 6.07) is 7.45. The summed E-state index contributed by atoms with van der Waals surface area (Å²) in [5.41, 5.74) is 6.93. The van der Waals surface area contributed by atoms with Gasteiger partial charge in [0, 0.05) is 18.7 Å². The van der Waals surface area contributed by atoms with E-state index in [1.54, 1.807) is 0 Å². The molecule has 1 aliphatic rings. The molecule has 0 bridgehead atoms. The fraction of sp³-hybridized carbons (Fsp3) is 0.467. The number of nitrogens with one attached hydrogen (secondary N) is 2. The molecule has 1 aromatic rings. The Labute approximate surface area is 118 Å². The Morgan fingerprint density at radius 3 is 2.45 bits per heavy atom. The molecule has 1 fully saturated rings. The van der Waals surface area contributed by atoms with Crippen molar-refractivity contribution in [2.24, 2.45) is 5.73 Å². The summed E-state index contributed by atoms with van der Waals surface area (Å²) in [4.78, 5) is 23.1. The van der Waals surface area contributed by atoms with Gasteiger partial charge in [0.1, 0.15) is 0 Å². The summed E-state index contributed by atoms with van der Waals surface area (Å²) in [5.74, 6) is -0.0646. The zero-order chi connectivity index (χ0) is 14.6. The molecule has 0 radical (unpaired) electrons. The molecular formula is C15H21N3O2. The minimum absolute atomic E-state index is 0.0207. The molecule has 0 saturated heterocycles. The smallest absolute Gasteiger partial charge is 0.240 e. The van der Waals surface area contributed by atoms with Gasteiger partial charge in [-0.3, -0.25) is 9.59 Å². The SMILES string of the molecule is CCCC(=O)Nc1ccc(CNC(=O)C2(N)CC2)cc1. The first-order valence-corrected chi connectivity index (χ1v) is 6.99. The van der Waals surface area contributed by atoms with Crippen LogP contribution in [0.5, 0.6) is 0 Å². The maximum atomic E-state index is 11.7. The van der Waals surface area contributed by atoms with Gasteiger partial charge < -0.3 is 16.4 Å². The second-order valence-electron chi connectivity index (χ2n) is 5.33. The molecule has 1 aliphatic carbocycles. The van der Waals surface area contributed by atoms with Crippen LogP contribution in [0.3, 0.4) is 0 Å². The fourth-order valence-electron chi connectivity index (χ4n) is 1.88. The van der Waals surface area contributed by atoms with Crippen LogP contribution in [0, 0.1) is 0 Å². The van der Waals surface area contributed by atoms with Crippen LogP contribution in [0.1, 0.15) is 38.2 Å². The highest BCUT2D eigenvalue weighted by molar-refractivity contribution is 5.90. The van der Waals surface area contributed by atoms with Gasteiger partial charge in [0.2, 0.25) is 11.8 Å². The summed E-state index contributed by atoms with van der Waals surface area (Å²) in [6.07, 6.45) is 2.88. The first-order chi connectivity index (χ1) is 9.53. The molecule has 5 heteroatoms. The van der Waals surface area contributed by atoms with Crippen molar-refractivity contribution in [3.63, 3.8) is 0 Å². The average molecular weight is 275 g/mol. The molecule has 1 aromatic carbocycles. The highest BCUT2D eigenvalue weighted by Crippen LogP contribution is 2.32. The lowest BCUT2D eigenvalue weighted by Crippen LogP contribution is -2.42. The van der Waals surface area contributed by atoms with E-state index in [2.05, 4.69) is 10.6 Å². The normalized spacial score (nSPS) is 15.5. The largest absolute Gasteiger partial charge is 0.350 e. The quantitative estimate of drug-likeness (QED) is 0.736. The number of carbonyl (C=O) groups excluding carboxylic acids is 2. The van der Waals surface area contributed by atoms with Crippen LogP contribution in [-0.2, 0) is 16.1 Å². The number of benzene rings is 1. The van der Waals surface area contributed by atoms with Crippen molar-refractivity contribution < 1.29 is 9.59 Å². The van der Waals surface area contributed by atoms with Gasteiger partial charge in [-0.15, -0.1) is 0 Å². The number of carbonyl (C=O) groups is 2. The van der Waals surface area contributed by atoms with E-state index in [1.807, 2.05) is 31.2 Å². The predicted octanol–water partition coefficient (Wildman–Crippen LogP) is 1.53. The monoisotopic (exact) mass is 275 g/mol. The zero-order valence-corrected chi connectivity index (χ0v) is 11.7. The van der Waals surface area contributed by atoms with Crippen LogP contribution in [-0.4, -0.2) is 17.4 Å². The van der Waals surface area contributed by atoms with Crippen LogP contribution in [0.25, 0.3) is 0 Å². The molecule has 0 spiro atoms. The Kier molecular flexibility index (Phi) is 4.39. The Morgan fingerprint density at radius 1 is 1.25 bits per heavy atom. The van der Waals surface area contributed by atoms with Crippen molar-refractivity contribution >= 4 is 17.5 Å². The Balaban J connectivity index is 1.82. The molecule has 0 aliphatic heterocycles. The van der Waals surface area contributed by atoms with E-state index in [0.717, 1.165) is 30.5 Å². The molecule has 0 heterocycles. The second-order valence-corrected chi connectivity index (χ2v) is 5.33. The van der Waals surface area contributed by atoms with Gasteiger partial charge >= 0.3 is 0 Å². The van der Waals surface area contributed by atoms with Gasteiger partial charge in [-0.1, -0.05) is 19.1 Å². The van der Waals surface area contributed by atoms with E-state index < -0.39 is 5.54 Å². The van der Waals surface area contributed by atoms with Gasteiger partial charge in [-0.2, -0.15) is 0 Å². The summed E-state index contributed by atoms with van der Waals surface area (Å²) >= 11 is 0. The Bertz CT molecular complexity index is 492. The first-order valence-electron chi connectivity index (χ1n) is 6.99. The third-order valence-corrected chi connectivity index (χ3v) is 3.41. The van der Waals surface area contributed by atoms with Gasteiger partial charge in [-0.05, 0) is 37.0 Å². The minimum atomic E-state index is -0.631. The first kappa shape index (κ1) is 14.5. The lowest BCUT2D eigenvalue weighted by molar-refractivity contribution is -0.123. The number of rotatable bonds is 6. The summed E-state index contributed by atoms with van der Waals surface area (Å²) in [5, 5.41) is 5.65. The van der Waals surface area contributed by atoms with Crippen LogP contribution in [0.15, 0.2) is 24.3 Å². The Hall–Kier alpha value is -1.88. The maximum absolute atomic E-state index is 11.7. The maximum Gasteiger partial charge on any atom is 0.240 e. The van der Waals surface area contributed by atoms with Crippen LogP contribution in [0.2, 0.25) is 0 Å². The molecule has 1 saturated carbocycles. The van der Waals surface area contributed by atoms with Crippen LogP contribution >= 0.6 is 0 Å². The van der Waals surface area contributed by atoms with Crippen molar-refractivity contribution in [3.8, 4) is 0 Å². The molecule has 2 rings (SSSR count). The Morgan fingerprint density at radius 2 is 1.90 bits per heavy atom. The molecule has 20 heavy (non-hydrogen) atoms. The van der Waals surface area contributed by atoms with Crippen LogP contribution < -0.4 is 16.4 Å². The van der Waals surface area contributed by atoms with E-state index in [1.165, 1.54) is 0 Å². The van der Waals surface area contributed by atoms with E-state index in [-0.39, 0.29) is 11.8 Å². The summed E-state index contributed by atoms with van der Waals surface area (Å²) < 4.78 is 0. The highest BCUT2D eigenvalue weighted by atomic mass is 16.2. The van der Waals surface area contributed by atoms with Gasteiger partial charge in [0.25, 0.3) is 0 Å². The second kappa shape index (κ2) is 6.05. The van der Waals surface area contributed by atoms with E-state index in [4.69, 9.17) is 5.73 Å². The van der Waals surface area contributed by atoms with Gasteiger partial charge in [0.05, 0.1) is 5.54 Å². The number of anilines is 1. The number of nitrogens with two attached hydrogens (primary N) is 1.